The second kappa shape index (κ2) is 6.74. The highest BCUT2D eigenvalue weighted by Gasteiger charge is 2.33. The number of carbonyl (C=O) groups is 2. The smallest absolute Gasteiger partial charge is 0.408 e. The van der Waals surface area contributed by atoms with Gasteiger partial charge in [0, 0.05) is 0 Å². The predicted octanol–water partition coefficient (Wildman–Crippen LogP) is 1.52. The van der Waals surface area contributed by atoms with E-state index >= 15 is 0 Å². The molecule has 0 heterocycles. The molecule has 1 amide bonds. The van der Waals surface area contributed by atoms with Gasteiger partial charge < -0.3 is 19.9 Å². The highest BCUT2D eigenvalue weighted by Crippen LogP contribution is 2.21. The molecule has 0 aromatic heterocycles. The van der Waals surface area contributed by atoms with Crippen molar-refractivity contribution in [3.05, 3.63) is 11.6 Å². The first-order valence-electron chi connectivity index (χ1n) is 6.79. The van der Waals surface area contributed by atoms with E-state index in [0.29, 0.717) is 12.8 Å². The molecule has 1 aliphatic carbocycles. The van der Waals surface area contributed by atoms with Crippen LogP contribution in [0.25, 0.3) is 0 Å². The van der Waals surface area contributed by atoms with E-state index in [1.807, 2.05) is 0 Å². The van der Waals surface area contributed by atoms with Crippen molar-refractivity contribution in [3.8, 4) is 0 Å². The van der Waals surface area contributed by atoms with E-state index in [9.17, 15) is 14.7 Å². The highest BCUT2D eigenvalue weighted by molar-refractivity contribution is 5.91. The van der Waals surface area contributed by atoms with Gasteiger partial charge in [-0.15, -0.1) is 0 Å². The Labute approximate surface area is 119 Å². The molecule has 6 nitrogen and oxygen atoms in total. The maximum Gasteiger partial charge on any atom is 0.408 e. The summed E-state index contributed by atoms with van der Waals surface area (Å²) in [7, 11) is 0. The van der Waals surface area contributed by atoms with Gasteiger partial charge in [0.05, 0.1) is 24.3 Å². The van der Waals surface area contributed by atoms with Gasteiger partial charge in [-0.2, -0.15) is 0 Å². The molecule has 2 N–H and O–H groups in total. The van der Waals surface area contributed by atoms with E-state index in [0.717, 1.165) is 0 Å². The second-order valence-corrected chi connectivity index (χ2v) is 5.65. The van der Waals surface area contributed by atoms with Crippen molar-refractivity contribution >= 4 is 12.1 Å². The van der Waals surface area contributed by atoms with E-state index in [1.54, 1.807) is 33.8 Å². The van der Waals surface area contributed by atoms with E-state index in [-0.39, 0.29) is 12.2 Å². The summed E-state index contributed by atoms with van der Waals surface area (Å²) in [4.78, 5) is 23.6. The normalized spacial score (nSPS) is 22.8. The van der Waals surface area contributed by atoms with Crippen molar-refractivity contribution in [2.45, 2.75) is 58.3 Å². The molecule has 0 saturated carbocycles. The summed E-state index contributed by atoms with van der Waals surface area (Å²) >= 11 is 0. The van der Waals surface area contributed by atoms with Gasteiger partial charge in [0.1, 0.15) is 5.60 Å². The SMILES string of the molecule is CCOC(=O)C1=CCCC(O)C1NC(=O)OC(C)(C)C. The average molecular weight is 285 g/mol. The van der Waals surface area contributed by atoms with E-state index in [1.165, 1.54) is 0 Å². The maximum atomic E-state index is 11.8. The Hall–Kier alpha value is -1.56. The molecule has 6 heteroatoms. The van der Waals surface area contributed by atoms with E-state index in [2.05, 4.69) is 5.32 Å². The molecule has 0 aliphatic heterocycles. The van der Waals surface area contributed by atoms with Crippen LogP contribution in [0.3, 0.4) is 0 Å². The lowest BCUT2D eigenvalue weighted by atomic mass is 9.91. The van der Waals surface area contributed by atoms with Crippen molar-refractivity contribution in [2.75, 3.05) is 6.61 Å². The van der Waals surface area contributed by atoms with Gasteiger partial charge in [-0.25, -0.2) is 9.59 Å². The minimum Gasteiger partial charge on any atom is -0.463 e. The zero-order chi connectivity index (χ0) is 15.3. The lowest BCUT2D eigenvalue weighted by Crippen LogP contribution is -2.49. The van der Waals surface area contributed by atoms with Crippen LogP contribution in [0.5, 0.6) is 0 Å². The van der Waals surface area contributed by atoms with Crippen molar-refractivity contribution in [3.63, 3.8) is 0 Å². The van der Waals surface area contributed by atoms with Gasteiger partial charge in [0.25, 0.3) is 0 Å². The predicted molar refractivity (Wildman–Crippen MR) is 73.1 cm³/mol. The van der Waals surface area contributed by atoms with Crippen molar-refractivity contribution in [2.24, 2.45) is 0 Å². The zero-order valence-corrected chi connectivity index (χ0v) is 12.4. The topological polar surface area (TPSA) is 84.9 Å². The molecule has 1 aliphatic rings. The van der Waals surface area contributed by atoms with E-state index in [4.69, 9.17) is 9.47 Å². The Morgan fingerprint density at radius 1 is 1.45 bits per heavy atom. The fourth-order valence-electron chi connectivity index (χ4n) is 1.94. The van der Waals surface area contributed by atoms with Gasteiger partial charge in [-0.3, -0.25) is 0 Å². The van der Waals surface area contributed by atoms with Crippen molar-refractivity contribution in [1.82, 2.24) is 5.32 Å². The Kier molecular flexibility index (Phi) is 5.56. The molecular weight excluding hydrogens is 262 g/mol. The average Bonchev–Trinajstić information content (AvgIpc) is 2.29. The number of allylic oxidation sites excluding steroid dienone is 1. The summed E-state index contributed by atoms with van der Waals surface area (Å²) in [5.41, 5.74) is -0.367. The van der Waals surface area contributed by atoms with Crippen LogP contribution >= 0.6 is 0 Å². The minimum absolute atomic E-state index is 0.241. The van der Waals surface area contributed by atoms with E-state index < -0.39 is 29.8 Å². The Morgan fingerprint density at radius 2 is 2.10 bits per heavy atom. The van der Waals surface area contributed by atoms with Gasteiger partial charge in [-0.1, -0.05) is 6.08 Å². The van der Waals surface area contributed by atoms with Crippen LogP contribution in [0.15, 0.2) is 11.6 Å². The number of esters is 1. The molecule has 0 saturated heterocycles. The minimum atomic E-state index is -0.827. The van der Waals surface area contributed by atoms with Crippen LogP contribution in [-0.4, -0.2) is 41.5 Å². The summed E-state index contributed by atoms with van der Waals surface area (Å²) in [5.74, 6) is -0.521. The lowest BCUT2D eigenvalue weighted by Gasteiger charge is -2.30. The first kappa shape index (κ1) is 16.5. The maximum absolute atomic E-state index is 11.8. The van der Waals surface area contributed by atoms with Gasteiger partial charge in [-0.05, 0) is 40.5 Å². The number of hydrogen-bond donors (Lipinski definition) is 2. The molecule has 0 aromatic carbocycles. The number of rotatable bonds is 3. The highest BCUT2D eigenvalue weighted by atomic mass is 16.6. The third-order valence-corrected chi connectivity index (χ3v) is 2.73. The lowest BCUT2D eigenvalue weighted by molar-refractivity contribution is -0.139. The molecule has 114 valence electrons. The monoisotopic (exact) mass is 285 g/mol. The van der Waals surface area contributed by atoms with Crippen molar-refractivity contribution in [1.29, 1.82) is 0 Å². The van der Waals surface area contributed by atoms with Gasteiger partial charge in [0.15, 0.2) is 0 Å². The quantitative estimate of drug-likeness (QED) is 0.768. The van der Waals surface area contributed by atoms with Gasteiger partial charge >= 0.3 is 12.1 Å². The number of aliphatic hydroxyl groups excluding tert-OH is 1. The fraction of sp³-hybridized carbons (Fsp3) is 0.714. The number of ether oxygens (including phenoxy) is 2. The first-order chi connectivity index (χ1) is 9.24. The van der Waals surface area contributed by atoms with Crippen molar-refractivity contribution < 1.29 is 24.2 Å². The Bertz CT molecular complexity index is 397. The molecule has 2 unspecified atom stereocenters. The molecule has 0 aromatic rings. The number of nitrogens with one attached hydrogen (secondary N) is 1. The Morgan fingerprint density at radius 3 is 2.65 bits per heavy atom. The standard InChI is InChI=1S/C14H23NO5/c1-5-19-12(17)9-7-6-8-10(16)11(9)15-13(18)20-14(2,3)4/h7,10-11,16H,5-6,8H2,1-4H3,(H,15,18). The summed E-state index contributed by atoms with van der Waals surface area (Å²) in [6, 6.07) is -0.794. The summed E-state index contributed by atoms with van der Waals surface area (Å²) in [5, 5.41) is 12.5. The molecule has 2 atom stereocenters. The summed E-state index contributed by atoms with van der Waals surface area (Å²) in [6.45, 7) is 7.17. The zero-order valence-electron chi connectivity index (χ0n) is 12.4. The van der Waals surface area contributed by atoms with Crippen LogP contribution < -0.4 is 5.32 Å². The van der Waals surface area contributed by atoms with Crippen LogP contribution in [0.4, 0.5) is 4.79 Å². The number of aliphatic hydroxyl groups is 1. The first-order valence-corrected chi connectivity index (χ1v) is 6.79. The summed E-state index contributed by atoms with van der Waals surface area (Å²) < 4.78 is 10.1. The van der Waals surface area contributed by atoms with Crippen LogP contribution in [0.1, 0.15) is 40.5 Å². The molecule has 0 radical (unpaired) electrons. The molecular formula is C14H23NO5. The van der Waals surface area contributed by atoms with Crippen LogP contribution in [-0.2, 0) is 14.3 Å². The van der Waals surface area contributed by atoms with Gasteiger partial charge in [0.2, 0.25) is 0 Å². The third-order valence-electron chi connectivity index (χ3n) is 2.73. The van der Waals surface area contributed by atoms with Crippen LogP contribution in [0, 0.1) is 0 Å². The summed E-state index contributed by atoms with van der Waals surface area (Å²) in [6.07, 6.45) is 1.24. The number of amides is 1. The largest absolute Gasteiger partial charge is 0.463 e. The fourth-order valence-corrected chi connectivity index (χ4v) is 1.94. The Balaban J connectivity index is 2.77. The molecule has 0 fully saturated rings. The number of alkyl carbamates (subject to hydrolysis) is 1. The second-order valence-electron chi connectivity index (χ2n) is 5.65. The molecule has 20 heavy (non-hydrogen) atoms. The molecule has 0 spiro atoms. The third kappa shape index (κ3) is 4.85. The van der Waals surface area contributed by atoms with Crippen LogP contribution in [0.2, 0.25) is 0 Å². The molecule has 0 bridgehead atoms. The molecule has 1 rings (SSSR count). The number of hydrogen-bond acceptors (Lipinski definition) is 5. The number of carbonyl (C=O) groups excluding carboxylic acids is 2.